The molecule has 0 aromatic heterocycles. The first kappa shape index (κ1) is 19.0. The Bertz CT molecular complexity index is 806. The highest BCUT2D eigenvalue weighted by atomic mass is 32.2. The highest BCUT2D eigenvalue weighted by Gasteiger charge is 2.34. The number of terminal acetylenes is 1. The molecule has 0 atom stereocenters. The van der Waals surface area contributed by atoms with Gasteiger partial charge in [0.1, 0.15) is 5.75 Å². The molecule has 0 spiro atoms. The van der Waals surface area contributed by atoms with E-state index in [1.165, 1.54) is 0 Å². The van der Waals surface area contributed by atoms with Crippen molar-refractivity contribution in [2.24, 2.45) is 0 Å². The standard InChI is InChI=1S/C19H18N2O5S/c1-2-7-21-18(23)16(27-19(21)24)12-14-3-5-15(6-4-14)26-13-17(22)20-8-10-25-11-9-20/h1,3-6,12H,7-11,13H2/b16-12-. The van der Waals surface area contributed by atoms with Crippen LogP contribution in [0, 0.1) is 12.3 Å². The lowest BCUT2D eigenvalue weighted by atomic mass is 10.2. The lowest BCUT2D eigenvalue weighted by Crippen LogP contribution is -2.42. The van der Waals surface area contributed by atoms with E-state index in [0.717, 1.165) is 22.2 Å². The van der Waals surface area contributed by atoms with Crippen LogP contribution in [-0.4, -0.2) is 66.3 Å². The highest BCUT2D eigenvalue weighted by molar-refractivity contribution is 8.18. The summed E-state index contributed by atoms with van der Waals surface area (Å²) in [5.41, 5.74) is 0.744. The third-order valence-electron chi connectivity index (χ3n) is 4.03. The summed E-state index contributed by atoms with van der Waals surface area (Å²) in [5.74, 6) is 2.38. The SMILES string of the molecule is C#CCN1C(=O)S/C(=C\c2ccc(OCC(=O)N3CCOCC3)cc2)C1=O. The molecular formula is C19H18N2O5S. The summed E-state index contributed by atoms with van der Waals surface area (Å²) in [6, 6.07) is 6.93. The minimum atomic E-state index is -0.389. The van der Waals surface area contributed by atoms with Crippen LogP contribution in [0.4, 0.5) is 4.79 Å². The highest BCUT2D eigenvalue weighted by Crippen LogP contribution is 2.32. The normalized spacial score (nSPS) is 18.7. The number of amides is 3. The predicted molar refractivity (Wildman–Crippen MR) is 101 cm³/mol. The lowest BCUT2D eigenvalue weighted by molar-refractivity contribution is -0.137. The minimum Gasteiger partial charge on any atom is -0.484 e. The number of rotatable bonds is 5. The van der Waals surface area contributed by atoms with Crippen LogP contribution in [-0.2, 0) is 14.3 Å². The van der Waals surface area contributed by atoms with Crippen molar-refractivity contribution in [2.45, 2.75) is 0 Å². The third-order valence-corrected chi connectivity index (χ3v) is 4.93. The van der Waals surface area contributed by atoms with Gasteiger partial charge in [-0.2, -0.15) is 0 Å². The van der Waals surface area contributed by atoms with Crippen LogP contribution >= 0.6 is 11.8 Å². The second kappa shape index (κ2) is 8.75. The Morgan fingerprint density at radius 2 is 1.96 bits per heavy atom. The van der Waals surface area contributed by atoms with Crippen molar-refractivity contribution in [3.63, 3.8) is 0 Å². The van der Waals surface area contributed by atoms with Gasteiger partial charge in [0.25, 0.3) is 17.1 Å². The fraction of sp³-hybridized carbons (Fsp3) is 0.316. The number of thioether (sulfide) groups is 1. The maximum atomic E-state index is 12.1. The van der Waals surface area contributed by atoms with Crippen molar-refractivity contribution in [1.29, 1.82) is 0 Å². The zero-order valence-electron chi connectivity index (χ0n) is 14.6. The number of ether oxygens (including phenoxy) is 2. The molecule has 0 saturated carbocycles. The van der Waals surface area contributed by atoms with E-state index in [9.17, 15) is 14.4 Å². The Balaban J connectivity index is 1.57. The second-order valence-electron chi connectivity index (χ2n) is 5.82. The average molecular weight is 386 g/mol. The van der Waals surface area contributed by atoms with Gasteiger partial charge in [-0.1, -0.05) is 18.1 Å². The van der Waals surface area contributed by atoms with Crippen molar-refractivity contribution >= 4 is 34.9 Å². The lowest BCUT2D eigenvalue weighted by Gasteiger charge is -2.26. The third kappa shape index (κ3) is 4.70. The molecule has 7 nitrogen and oxygen atoms in total. The first-order valence-corrected chi connectivity index (χ1v) is 9.17. The minimum absolute atomic E-state index is 0.0358. The van der Waals surface area contributed by atoms with E-state index in [2.05, 4.69) is 5.92 Å². The monoisotopic (exact) mass is 386 g/mol. The molecule has 2 aliphatic rings. The van der Waals surface area contributed by atoms with E-state index < -0.39 is 0 Å². The topological polar surface area (TPSA) is 76.2 Å². The molecule has 0 bridgehead atoms. The Morgan fingerprint density at radius 3 is 2.63 bits per heavy atom. The van der Waals surface area contributed by atoms with Crippen LogP contribution in [0.3, 0.4) is 0 Å². The average Bonchev–Trinajstić information content (AvgIpc) is 2.95. The summed E-state index contributed by atoms with van der Waals surface area (Å²) >= 11 is 0.862. The number of hydrogen-bond donors (Lipinski definition) is 0. The molecule has 0 unspecified atom stereocenters. The van der Waals surface area contributed by atoms with E-state index in [-0.39, 0.29) is 30.2 Å². The summed E-state index contributed by atoms with van der Waals surface area (Å²) in [6.45, 7) is 2.18. The Morgan fingerprint density at radius 1 is 1.26 bits per heavy atom. The molecule has 140 valence electrons. The van der Waals surface area contributed by atoms with Crippen LogP contribution in [0.25, 0.3) is 6.08 Å². The largest absolute Gasteiger partial charge is 0.484 e. The van der Waals surface area contributed by atoms with Gasteiger partial charge in [-0.05, 0) is 35.5 Å². The van der Waals surface area contributed by atoms with Crippen molar-refractivity contribution in [1.82, 2.24) is 9.80 Å². The summed E-state index contributed by atoms with van der Waals surface area (Å²) in [7, 11) is 0. The van der Waals surface area contributed by atoms with Crippen LogP contribution in [0.1, 0.15) is 5.56 Å². The molecule has 1 aromatic carbocycles. The van der Waals surface area contributed by atoms with E-state index in [1.54, 1.807) is 35.2 Å². The van der Waals surface area contributed by atoms with Gasteiger partial charge in [-0.3, -0.25) is 19.3 Å². The second-order valence-corrected chi connectivity index (χ2v) is 6.82. The van der Waals surface area contributed by atoms with Gasteiger partial charge in [0, 0.05) is 13.1 Å². The maximum absolute atomic E-state index is 12.1. The molecule has 0 radical (unpaired) electrons. The van der Waals surface area contributed by atoms with Gasteiger partial charge in [-0.25, -0.2) is 0 Å². The smallest absolute Gasteiger partial charge is 0.294 e. The van der Waals surface area contributed by atoms with E-state index in [0.29, 0.717) is 37.0 Å². The van der Waals surface area contributed by atoms with Gasteiger partial charge in [0.2, 0.25) is 0 Å². The fourth-order valence-electron chi connectivity index (χ4n) is 2.59. The number of carbonyl (C=O) groups is 3. The van der Waals surface area contributed by atoms with Gasteiger partial charge >= 0.3 is 0 Å². The van der Waals surface area contributed by atoms with Crippen molar-refractivity contribution in [3.8, 4) is 18.1 Å². The van der Waals surface area contributed by atoms with Crippen LogP contribution < -0.4 is 4.74 Å². The molecule has 2 fully saturated rings. The van der Waals surface area contributed by atoms with Gasteiger partial charge < -0.3 is 14.4 Å². The summed E-state index contributed by atoms with van der Waals surface area (Å²) in [6.07, 6.45) is 6.80. The molecule has 0 aliphatic carbocycles. The number of imide groups is 1. The number of nitrogens with zero attached hydrogens (tertiary/aromatic N) is 2. The zero-order chi connectivity index (χ0) is 19.2. The molecule has 2 heterocycles. The Hall–Kier alpha value is -2.76. The number of benzene rings is 1. The Labute approximate surface area is 161 Å². The summed E-state index contributed by atoms with van der Waals surface area (Å²) in [5, 5.41) is -0.370. The first-order valence-electron chi connectivity index (χ1n) is 8.35. The van der Waals surface area contributed by atoms with E-state index in [1.807, 2.05) is 0 Å². The zero-order valence-corrected chi connectivity index (χ0v) is 15.4. The van der Waals surface area contributed by atoms with Crippen molar-refractivity contribution in [3.05, 3.63) is 34.7 Å². The molecule has 0 N–H and O–H groups in total. The maximum Gasteiger partial charge on any atom is 0.294 e. The van der Waals surface area contributed by atoms with Gasteiger partial charge in [0.05, 0.1) is 24.7 Å². The molecule has 27 heavy (non-hydrogen) atoms. The summed E-state index contributed by atoms with van der Waals surface area (Å²) in [4.78, 5) is 39.1. The number of morpholine rings is 1. The summed E-state index contributed by atoms with van der Waals surface area (Å²) < 4.78 is 10.7. The Kier molecular flexibility index (Phi) is 6.16. The molecule has 3 rings (SSSR count). The van der Waals surface area contributed by atoms with Gasteiger partial charge in [0.15, 0.2) is 6.61 Å². The number of hydrogen-bond acceptors (Lipinski definition) is 6. The quantitative estimate of drug-likeness (QED) is 0.565. The van der Waals surface area contributed by atoms with Gasteiger partial charge in [-0.15, -0.1) is 6.42 Å². The van der Waals surface area contributed by atoms with Crippen molar-refractivity contribution < 1.29 is 23.9 Å². The molecule has 3 amide bonds. The molecule has 1 aromatic rings. The number of carbonyl (C=O) groups excluding carboxylic acids is 3. The molecule has 2 saturated heterocycles. The van der Waals surface area contributed by atoms with Crippen molar-refractivity contribution in [2.75, 3.05) is 39.5 Å². The van der Waals surface area contributed by atoms with Crippen LogP contribution in [0.15, 0.2) is 29.2 Å². The van der Waals surface area contributed by atoms with Crippen LogP contribution in [0.5, 0.6) is 5.75 Å². The van der Waals surface area contributed by atoms with E-state index >= 15 is 0 Å². The van der Waals surface area contributed by atoms with Crippen LogP contribution in [0.2, 0.25) is 0 Å². The predicted octanol–water partition coefficient (Wildman–Crippen LogP) is 1.59. The van der Waals surface area contributed by atoms with E-state index in [4.69, 9.17) is 15.9 Å². The fourth-order valence-corrected chi connectivity index (χ4v) is 3.43. The molecular weight excluding hydrogens is 368 g/mol. The molecule has 2 aliphatic heterocycles. The first-order chi connectivity index (χ1) is 13.1. The molecule has 8 heteroatoms.